The number of methoxy groups -OCH3 is 1. The Morgan fingerprint density at radius 1 is 1.23 bits per heavy atom. The Labute approximate surface area is 131 Å². The molecule has 112 valence electrons. The van der Waals surface area contributed by atoms with Crippen molar-refractivity contribution in [3.63, 3.8) is 0 Å². The SMILES string of the molecule is COC(=O)c1c2ccccc2n2cc(C=C[S+](C)[O-])ccc12. The molecule has 0 spiro atoms. The Balaban J connectivity index is 2.29. The van der Waals surface area contributed by atoms with E-state index in [-0.39, 0.29) is 5.97 Å². The molecule has 0 amide bonds. The fraction of sp³-hybridized carbons (Fsp3) is 0.118. The Bertz CT molecular complexity index is 880. The molecule has 0 aliphatic heterocycles. The highest BCUT2D eigenvalue weighted by molar-refractivity contribution is 7.93. The van der Waals surface area contributed by atoms with Crippen LogP contribution in [0.2, 0.25) is 0 Å². The maximum atomic E-state index is 12.1. The van der Waals surface area contributed by atoms with Crippen molar-refractivity contribution in [2.45, 2.75) is 0 Å². The number of fused-ring (bicyclic) bond motifs is 3. The molecule has 0 fully saturated rings. The zero-order valence-corrected chi connectivity index (χ0v) is 13.1. The van der Waals surface area contributed by atoms with Crippen LogP contribution in [0.1, 0.15) is 15.9 Å². The molecule has 2 heterocycles. The molecular weight excluding hydrogens is 298 g/mol. The van der Waals surface area contributed by atoms with E-state index in [0.717, 1.165) is 22.0 Å². The van der Waals surface area contributed by atoms with Crippen LogP contribution in [-0.2, 0) is 15.9 Å². The Hall–Kier alpha value is -2.24. The lowest BCUT2D eigenvalue weighted by Gasteiger charge is -2.01. The highest BCUT2D eigenvalue weighted by Crippen LogP contribution is 2.28. The van der Waals surface area contributed by atoms with Crippen molar-refractivity contribution in [2.75, 3.05) is 13.4 Å². The number of aromatic nitrogens is 1. The van der Waals surface area contributed by atoms with Crippen LogP contribution in [0.25, 0.3) is 22.5 Å². The quantitative estimate of drug-likeness (QED) is 0.551. The number of ether oxygens (including phenoxy) is 1. The maximum Gasteiger partial charge on any atom is 0.340 e. The van der Waals surface area contributed by atoms with Gasteiger partial charge in [0.2, 0.25) is 0 Å². The van der Waals surface area contributed by atoms with Gasteiger partial charge in [-0.3, -0.25) is 0 Å². The summed E-state index contributed by atoms with van der Waals surface area (Å²) in [5, 5.41) is 2.49. The molecule has 2 aromatic heterocycles. The number of carbonyl (C=O) groups is 1. The van der Waals surface area contributed by atoms with Gasteiger partial charge in [0.05, 0.1) is 30.0 Å². The molecule has 0 aliphatic rings. The molecule has 3 rings (SSSR count). The second-order valence-electron chi connectivity index (χ2n) is 4.90. The van der Waals surface area contributed by atoms with Crippen LogP contribution in [0, 0.1) is 0 Å². The van der Waals surface area contributed by atoms with E-state index in [1.807, 2.05) is 53.1 Å². The first kappa shape index (κ1) is 14.7. The van der Waals surface area contributed by atoms with Gasteiger partial charge in [-0.1, -0.05) is 24.3 Å². The fourth-order valence-electron chi connectivity index (χ4n) is 2.54. The minimum absolute atomic E-state index is 0.350. The average Bonchev–Trinajstić information content (AvgIpc) is 2.86. The molecule has 0 saturated carbocycles. The van der Waals surface area contributed by atoms with Crippen LogP contribution in [0.4, 0.5) is 0 Å². The summed E-state index contributed by atoms with van der Waals surface area (Å²) in [6.07, 6.45) is 5.35. The van der Waals surface area contributed by atoms with Crippen molar-refractivity contribution in [1.82, 2.24) is 4.40 Å². The molecule has 0 bridgehead atoms. The number of para-hydroxylation sites is 1. The van der Waals surface area contributed by atoms with Crippen molar-refractivity contribution >= 4 is 39.6 Å². The number of hydrogen-bond acceptors (Lipinski definition) is 3. The number of rotatable bonds is 3. The van der Waals surface area contributed by atoms with Crippen LogP contribution in [-0.4, -0.2) is 28.3 Å². The summed E-state index contributed by atoms with van der Waals surface area (Å²) in [5.41, 5.74) is 3.21. The van der Waals surface area contributed by atoms with Crippen molar-refractivity contribution < 1.29 is 14.1 Å². The van der Waals surface area contributed by atoms with Gasteiger partial charge in [-0.2, -0.15) is 0 Å². The maximum absolute atomic E-state index is 12.1. The standard InChI is InChI=1S/C17H15NO3S/c1-21-17(19)16-13-5-3-4-6-14(13)18-11-12(7-8-15(16)18)9-10-22(2)20/h3-11H,1-2H3. The molecule has 1 atom stereocenters. The summed E-state index contributed by atoms with van der Waals surface area (Å²) < 4.78 is 18.1. The van der Waals surface area contributed by atoms with Crippen molar-refractivity contribution in [1.29, 1.82) is 0 Å². The number of benzene rings is 1. The topological polar surface area (TPSA) is 53.8 Å². The van der Waals surface area contributed by atoms with Gasteiger partial charge < -0.3 is 13.7 Å². The van der Waals surface area contributed by atoms with Crippen LogP contribution < -0.4 is 0 Å². The lowest BCUT2D eigenvalue weighted by molar-refractivity contribution is 0.0605. The van der Waals surface area contributed by atoms with Gasteiger partial charge in [-0.15, -0.1) is 0 Å². The van der Waals surface area contributed by atoms with Crippen molar-refractivity contribution in [3.8, 4) is 0 Å². The van der Waals surface area contributed by atoms with Gasteiger partial charge in [0.1, 0.15) is 5.41 Å². The summed E-state index contributed by atoms with van der Waals surface area (Å²) in [7, 11) is 1.38. The van der Waals surface area contributed by atoms with Gasteiger partial charge >= 0.3 is 5.97 Å². The Morgan fingerprint density at radius 2 is 2.00 bits per heavy atom. The molecule has 0 saturated heterocycles. The molecule has 3 aromatic rings. The molecule has 1 aromatic carbocycles. The van der Waals surface area contributed by atoms with E-state index in [4.69, 9.17) is 4.74 Å². The highest BCUT2D eigenvalue weighted by atomic mass is 32.2. The molecular formula is C17H15NO3S. The third-order valence-corrected chi connectivity index (χ3v) is 4.02. The minimum atomic E-state index is -0.994. The molecule has 0 radical (unpaired) electrons. The first-order valence-electron chi connectivity index (χ1n) is 6.73. The normalized spacial score (nSPS) is 13.0. The van der Waals surface area contributed by atoms with E-state index >= 15 is 0 Å². The van der Waals surface area contributed by atoms with E-state index in [1.165, 1.54) is 7.11 Å². The predicted octanol–water partition coefficient (Wildman–Crippen LogP) is 3.23. The highest BCUT2D eigenvalue weighted by Gasteiger charge is 2.18. The fourth-order valence-corrected chi connectivity index (χ4v) is 2.89. The van der Waals surface area contributed by atoms with Crippen molar-refractivity contribution in [3.05, 3.63) is 59.1 Å². The van der Waals surface area contributed by atoms with Gasteiger partial charge in [0.25, 0.3) is 0 Å². The smallest absolute Gasteiger partial charge is 0.340 e. The van der Waals surface area contributed by atoms with E-state index in [0.29, 0.717) is 5.56 Å². The molecule has 4 nitrogen and oxygen atoms in total. The van der Waals surface area contributed by atoms with Gasteiger partial charge in [0, 0.05) is 11.6 Å². The number of pyridine rings is 1. The lowest BCUT2D eigenvalue weighted by Crippen LogP contribution is -2.01. The second kappa shape index (κ2) is 5.87. The third-order valence-electron chi connectivity index (χ3n) is 3.50. The second-order valence-corrected chi connectivity index (χ2v) is 6.17. The summed E-state index contributed by atoms with van der Waals surface area (Å²) in [6, 6.07) is 11.5. The minimum Gasteiger partial charge on any atom is -0.612 e. The van der Waals surface area contributed by atoms with Gasteiger partial charge in [-0.25, -0.2) is 4.79 Å². The molecule has 0 aliphatic carbocycles. The zero-order chi connectivity index (χ0) is 15.7. The monoisotopic (exact) mass is 313 g/mol. The van der Waals surface area contributed by atoms with E-state index in [1.54, 1.807) is 11.7 Å². The summed E-state index contributed by atoms with van der Waals surface area (Å²) >= 11 is -0.994. The molecule has 0 N–H and O–H groups in total. The number of hydrogen-bond donors (Lipinski definition) is 0. The van der Waals surface area contributed by atoms with E-state index in [2.05, 4.69) is 0 Å². The van der Waals surface area contributed by atoms with Crippen LogP contribution in [0.3, 0.4) is 0 Å². The van der Waals surface area contributed by atoms with E-state index in [9.17, 15) is 9.35 Å². The number of carbonyl (C=O) groups excluding carboxylic acids is 1. The number of esters is 1. The van der Waals surface area contributed by atoms with Crippen LogP contribution >= 0.6 is 0 Å². The number of nitrogens with zero attached hydrogens (tertiary/aromatic N) is 1. The molecule has 22 heavy (non-hydrogen) atoms. The van der Waals surface area contributed by atoms with Crippen LogP contribution in [0.15, 0.2) is 48.0 Å². The van der Waals surface area contributed by atoms with E-state index < -0.39 is 11.2 Å². The van der Waals surface area contributed by atoms with Gasteiger partial charge in [0.15, 0.2) is 0 Å². The summed E-state index contributed by atoms with van der Waals surface area (Å²) in [6.45, 7) is 0. The first-order valence-corrected chi connectivity index (χ1v) is 8.35. The average molecular weight is 313 g/mol. The first-order chi connectivity index (χ1) is 10.6. The summed E-state index contributed by atoms with van der Waals surface area (Å²) in [5.74, 6) is -0.350. The van der Waals surface area contributed by atoms with Crippen LogP contribution in [0.5, 0.6) is 0 Å². The third kappa shape index (κ3) is 2.49. The molecule has 5 heteroatoms. The Kier molecular flexibility index (Phi) is 3.92. The van der Waals surface area contributed by atoms with Gasteiger partial charge in [-0.05, 0) is 34.9 Å². The van der Waals surface area contributed by atoms with Crippen molar-refractivity contribution in [2.24, 2.45) is 0 Å². The Morgan fingerprint density at radius 3 is 2.73 bits per heavy atom. The predicted molar refractivity (Wildman–Crippen MR) is 89.3 cm³/mol. The zero-order valence-electron chi connectivity index (χ0n) is 12.3. The largest absolute Gasteiger partial charge is 0.612 e. The summed E-state index contributed by atoms with van der Waals surface area (Å²) in [4.78, 5) is 12.1. The molecule has 1 unspecified atom stereocenters. The lowest BCUT2D eigenvalue weighted by atomic mass is 10.1.